The number of unbranched alkanes of at least 4 members (excludes halogenated alkanes) is 1. The van der Waals surface area contributed by atoms with E-state index in [9.17, 15) is 4.79 Å². The predicted molar refractivity (Wildman–Crippen MR) is 154 cm³/mol. The lowest BCUT2D eigenvalue weighted by molar-refractivity contribution is -0.114. The molecule has 1 aliphatic heterocycles. The van der Waals surface area contributed by atoms with Crippen molar-refractivity contribution in [2.45, 2.75) is 39.0 Å². The Morgan fingerprint density at radius 1 is 0.892 bits per heavy atom. The molecule has 0 unspecified atom stereocenters. The third-order valence-corrected chi connectivity index (χ3v) is 7.48. The SMILES string of the molecule is COc1ccc(CCCCN2CCC(=C3c4ccccc4C=Cc4ccccc43)CC2)cc1NC(C)=O. The summed E-state index contributed by atoms with van der Waals surface area (Å²) in [7, 11) is 1.63. The summed E-state index contributed by atoms with van der Waals surface area (Å²) >= 11 is 0. The van der Waals surface area contributed by atoms with E-state index in [1.165, 1.54) is 46.7 Å². The van der Waals surface area contributed by atoms with Crippen LogP contribution in [0.1, 0.15) is 60.4 Å². The zero-order valence-electron chi connectivity index (χ0n) is 21.9. The van der Waals surface area contributed by atoms with Crippen LogP contribution in [0.2, 0.25) is 0 Å². The van der Waals surface area contributed by atoms with Gasteiger partial charge < -0.3 is 15.0 Å². The highest BCUT2D eigenvalue weighted by molar-refractivity contribution is 5.95. The van der Waals surface area contributed by atoms with Crippen molar-refractivity contribution in [1.82, 2.24) is 4.90 Å². The maximum absolute atomic E-state index is 11.5. The van der Waals surface area contributed by atoms with Crippen molar-refractivity contribution in [1.29, 1.82) is 0 Å². The Kier molecular flexibility index (Phi) is 7.86. The van der Waals surface area contributed by atoms with Gasteiger partial charge in [-0.25, -0.2) is 0 Å². The lowest BCUT2D eigenvalue weighted by Crippen LogP contribution is -2.32. The maximum atomic E-state index is 11.5. The van der Waals surface area contributed by atoms with Crippen LogP contribution in [0.4, 0.5) is 5.69 Å². The largest absolute Gasteiger partial charge is 0.495 e. The molecule has 3 aromatic carbocycles. The van der Waals surface area contributed by atoms with E-state index < -0.39 is 0 Å². The van der Waals surface area contributed by atoms with E-state index in [1.807, 2.05) is 12.1 Å². The number of aryl methyl sites for hydroxylation is 1. The molecule has 1 fully saturated rings. The molecule has 4 heteroatoms. The highest BCUT2D eigenvalue weighted by Gasteiger charge is 2.22. The minimum absolute atomic E-state index is 0.0815. The molecule has 1 heterocycles. The van der Waals surface area contributed by atoms with Gasteiger partial charge in [-0.05, 0) is 84.2 Å². The average Bonchev–Trinajstić information content (AvgIpc) is 3.08. The number of carbonyl (C=O) groups excluding carboxylic acids is 1. The summed E-state index contributed by atoms with van der Waals surface area (Å²) in [5.41, 5.74) is 10.4. The summed E-state index contributed by atoms with van der Waals surface area (Å²) in [6.45, 7) is 4.89. The standard InChI is InChI=1S/C33H36N2O2/c1-24(36)34-31-23-25(14-17-32(31)37-2)9-7-8-20-35-21-18-28(19-22-35)33-29-12-5-3-10-26(29)15-16-27-11-4-6-13-30(27)33/h3-6,10-17,23H,7-9,18-22H2,1-2H3,(H,34,36). The van der Waals surface area contributed by atoms with Crippen LogP contribution < -0.4 is 10.1 Å². The number of hydrogen-bond acceptors (Lipinski definition) is 3. The van der Waals surface area contributed by atoms with Gasteiger partial charge in [0.05, 0.1) is 12.8 Å². The fourth-order valence-electron chi connectivity index (χ4n) is 5.60. The number of methoxy groups -OCH3 is 1. The molecule has 0 bridgehead atoms. The van der Waals surface area contributed by atoms with Crippen molar-refractivity contribution in [3.05, 3.63) is 100 Å². The van der Waals surface area contributed by atoms with Crippen LogP contribution in [-0.4, -0.2) is 37.6 Å². The highest BCUT2D eigenvalue weighted by Crippen LogP contribution is 2.38. The first-order valence-corrected chi connectivity index (χ1v) is 13.4. The number of amides is 1. The molecule has 0 spiro atoms. The minimum Gasteiger partial charge on any atom is -0.495 e. The first kappa shape index (κ1) is 25.0. The Balaban J connectivity index is 1.20. The van der Waals surface area contributed by atoms with E-state index >= 15 is 0 Å². The van der Waals surface area contributed by atoms with E-state index in [-0.39, 0.29) is 5.91 Å². The van der Waals surface area contributed by atoms with Crippen molar-refractivity contribution >= 4 is 29.3 Å². The third kappa shape index (κ3) is 5.86. The molecule has 0 saturated carbocycles. The first-order valence-electron chi connectivity index (χ1n) is 13.4. The molecule has 0 aromatic heterocycles. The summed E-state index contributed by atoms with van der Waals surface area (Å²) in [6, 6.07) is 23.7. The van der Waals surface area contributed by atoms with Gasteiger partial charge in [0, 0.05) is 20.0 Å². The minimum atomic E-state index is -0.0815. The van der Waals surface area contributed by atoms with Crippen LogP contribution in [0.25, 0.3) is 17.7 Å². The lowest BCUT2D eigenvalue weighted by atomic mass is 9.86. The van der Waals surface area contributed by atoms with E-state index in [0.717, 1.165) is 51.0 Å². The van der Waals surface area contributed by atoms with Crippen LogP contribution in [0.5, 0.6) is 5.75 Å². The maximum Gasteiger partial charge on any atom is 0.221 e. The van der Waals surface area contributed by atoms with Crippen molar-refractivity contribution in [3.63, 3.8) is 0 Å². The number of anilines is 1. The number of nitrogens with zero attached hydrogens (tertiary/aromatic N) is 1. The summed E-state index contributed by atoms with van der Waals surface area (Å²) in [5, 5.41) is 2.87. The van der Waals surface area contributed by atoms with Gasteiger partial charge in [-0.3, -0.25) is 4.79 Å². The Morgan fingerprint density at radius 3 is 2.16 bits per heavy atom. The van der Waals surface area contributed by atoms with Crippen LogP contribution in [0.3, 0.4) is 0 Å². The van der Waals surface area contributed by atoms with Crippen molar-refractivity contribution in [2.24, 2.45) is 0 Å². The smallest absolute Gasteiger partial charge is 0.221 e. The third-order valence-electron chi connectivity index (χ3n) is 7.48. The molecule has 0 atom stereocenters. The number of likely N-dealkylation sites (tertiary alicyclic amines) is 1. The molecule has 0 radical (unpaired) electrons. The van der Waals surface area contributed by atoms with Crippen LogP contribution >= 0.6 is 0 Å². The van der Waals surface area contributed by atoms with Gasteiger partial charge in [-0.1, -0.05) is 72.3 Å². The van der Waals surface area contributed by atoms with E-state index in [2.05, 4.69) is 77.0 Å². The fourth-order valence-corrected chi connectivity index (χ4v) is 5.60. The molecule has 37 heavy (non-hydrogen) atoms. The summed E-state index contributed by atoms with van der Waals surface area (Å²) in [4.78, 5) is 14.1. The van der Waals surface area contributed by atoms with Crippen LogP contribution in [-0.2, 0) is 11.2 Å². The van der Waals surface area contributed by atoms with E-state index in [4.69, 9.17) is 4.74 Å². The summed E-state index contributed by atoms with van der Waals surface area (Å²) in [6.07, 6.45) is 10.1. The van der Waals surface area contributed by atoms with E-state index in [0.29, 0.717) is 5.75 Å². The highest BCUT2D eigenvalue weighted by atomic mass is 16.5. The topological polar surface area (TPSA) is 41.6 Å². The average molecular weight is 493 g/mol. The Hall–Kier alpha value is -3.63. The monoisotopic (exact) mass is 492 g/mol. The van der Waals surface area contributed by atoms with Gasteiger partial charge >= 0.3 is 0 Å². The molecular weight excluding hydrogens is 456 g/mol. The molecule has 2 aliphatic rings. The number of nitrogens with one attached hydrogen (secondary N) is 1. The quantitative estimate of drug-likeness (QED) is 0.281. The fraction of sp³-hybridized carbons (Fsp3) is 0.303. The van der Waals surface area contributed by atoms with Crippen LogP contribution in [0, 0.1) is 0 Å². The number of benzene rings is 3. The first-order chi connectivity index (χ1) is 18.1. The second-order valence-corrected chi connectivity index (χ2v) is 10.0. The number of ether oxygens (including phenoxy) is 1. The number of fused-ring (bicyclic) bond motifs is 2. The number of piperidine rings is 1. The van der Waals surface area contributed by atoms with Crippen LogP contribution in [0.15, 0.2) is 72.3 Å². The Labute approximate surface area is 220 Å². The lowest BCUT2D eigenvalue weighted by Gasteiger charge is -2.30. The Morgan fingerprint density at radius 2 is 1.54 bits per heavy atom. The van der Waals surface area contributed by atoms with Crippen molar-refractivity contribution in [2.75, 3.05) is 32.1 Å². The molecule has 1 N–H and O–H groups in total. The van der Waals surface area contributed by atoms with E-state index in [1.54, 1.807) is 12.7 Å². The molecular formula is C33H36N2O2. The normalized spacial score (nSPS) is 15.1. The summed E-state index contributed by atoms with van der Waals surface area (Å²) in [5.74, 6) is 0.619. The molecule has 1 saturated heterocycles. The van der Waals surface area contributed by atoms with Gasteiger partial charge in [0.25, 0.3) is 0 Å². The van der Waals surface area contributed by atoms with Gasteiger partial charge in [0.15, 0.2) is 0 Å². The Bertz CT molecular complexity index is 1280. The number of rotatable bonds is 7. The molecule has 1 amide bonds. The molecule has 190 valence electrons. The predicted octanol–water partition coefficient (Wildman–Crippen LogP) is 7.06. The van der Waals surface area contributed by atoms with Crippen molar-refractivity contribution in [3.8, 4) is 5.75 Å². The number of carbonyl (C=O) groups is 1. The number of hydrogen-bond donors (Lipinski definition) is 1. The van der Waals surface area contributed by atoms with Gasteiger partial charge in [0.2, 0.25) is 5.91 Å². The second kappa shape index (κ2) is 11.6. The molecule has 5 rings (SSSR count). The van der Waals surface area contributed by atoms with Gasteiger partial charge in [-0.15, -0.1) is 0 Å². The molecule has 3 aromatic rings. The zero-order chi connectivity index (χ0) is 25.6. The van der Waals surface area contributed by atoms with Crippen molar-refractivity contribution < 1.29 is 9.53 Å². The van der Waals surface area contributed by atoms with Gasteiger partial charge in [0.1, 0.15) is 5.75 Å². The van der Waals surface area contributed by atoms with Gasteiger partial charge in [-0.2, -0.15) is 0 Å². The zero-order valence-corrected chi connectivity index (χ0v) is 21.9. The molecule has 4 nitrogen and oxygen atoms in total. The second-order valence-electron chi connectivity index (χ2n) is 10.0. The summed E-state index contributed by atoms with van der Waals surface area (Å²) < 4.78 is 5.38. The molecule has 1 aliphatic carbocycles.